The lowest BCUT2D eigenvalue weighted by atomic mass is 10.2. The first kappa shape index (κ1) is 11.0. The maximum atomic E-state index is 11.9. The molecule has 2 rings (SSSR count). The topological polar surface area (TPSA) is 83.1 Å². The number of carbonyl (C=O) groups excluding carboxylic acids is 1. The van der Waals surface area contributed by atoms with E-state index >= 15 is 0 Å². The van der Waals surface area contributed by atoms with Gasteiger partial charge in [0.15, 0.2) is 0 Å². The summed E-state index contributed by atoms with van der Waals surface area (Å²) in [6.45, 7) is 2.36. The van der Waals surface area contributed by atoms with Gasteiger partial charge in [0, 0.05) is 20.1 Å². The van der Waals surface area contributed by atoms with E-state index in [2.05, 4.69) is 20.5 Å². The number of nitrogens with one attached hydrogen (secondary N) is 2. The molecule has 1 aromatic rings. The summed E-state index contributed by atoms with van der Waals surface area (Å²) >= 11 is 0. The Morgan fingerprint density at radius 2 is 2.62 bits per heavy atom. The molecule has 1 unspecified atom stereocenters. The monoisotopic (exact) mass is 225 g/mol. The lowest BCUT2D eigenvalue weighted by molar-refractivity contribution is -0.144. The van der Waals surface area contributed by atoms with Gasteiger partial charge in [-0.2, -0.15) is 5.10 Å². The molecular formula is C9H15N5O2. The van der Waals surface area contributed by atoms with Crippen LogP contribution in [-0.4, -0.2) is 58.8 Å². The Bertz CT molecular complexity index is 334. The molecular weight excluding hydrogens is 210 g/mol. The first-order valence-electron chi connectivity index (χ1n) is 5.19. The number of morpholine rings is 1. The van der Waals surface area contributed by atoms with Gasteiger partial charge in [0.05, 0.1) is 13.2 Å². The standard InChI is InChI=1S/C9H15N5O2/c1-14(5-8-11-6-12-13-8)9(15)7-4-10-2-3-16-7/h6-7,10H,2-5H2,1H3,(H,11,12,13). The summed E-state index contributed by atoms with van der Waals surface area (Å²) in [4.78, 5) is 17.5. The van der Waals surface area contributed by atoms with E-state index in [4.69, 9.17) is 4.74 Å². The van der Waals surface area contributed by atoms with Crippen LogP contribution in [0.2, 0.25) is 0 Å². The minimum Gasteiger partial charge on any atom is -0.366 e. The van der Waals surface area contributed by atoms with E-state index in [0.29, 0.717) is 25.5 Å². The van der Waals surface area contributed by atoms with Crippen molar-refractivity contribution in [3.8, 4) is 0 Å². The third-order valence-electron chi connectivity index (χ3n) is 2.43. The zero-order valence-corrected chi connectivity index (χ0v) is 9.14. The number of amides is 1. The molecule has 1 atom stereocenters. The molecule has 0 aliphatic carbocycles. The molecule has 0 bridgehead atoms. The van der Waals surface area contributed by atoms with Crippen molar-refractivity contribution in [2.45, 2.75) is 12.6 Å². The van der Waals surface area contributed by atoms with Crippen molar-refractivity contribution >= 4 is 5.91 Å². The van der Waals surface area contributed by atoms with E-state index < -0.39 is 0 Å². The van der Waals surface area contributed by atoms with Crippen LogP contribution in [0.25, 0.3) is 0 Å². The minimum atomic E-state index is -0.387. The molecule has 88 valence electrons. The Hall–Kier alpha value is -1.47. The first-order valence-corrected chi connectivity index (χ1v) is 5.19. The van der Waals surface area contributed by atoms with Crippen LogP contribution < -0.4 is 5.32 Å². The van der Waals surface area contributed by atoms with Crippen molar-refractivity contribution in [1.82, 2.24) is 25.4 Å². The van der Waals surface area contributed by atoms with Crippen LogP contribution in [0.15, 0.2) is 6.33 Å². The molecule has 7 heteroatoms. The highest BCUT2D eigenvalue weighted by atomic mass is 16.5. The number of ether oxygens (including phenoxy) is 1. The van der Waals surface area contributed by atoms with Gasteiger partial charge in [0.1, 0.15) is 18.3 Å². The van der Waals surface area contributed by atoms with Gasteiger partial charge in [-0.3, -0.25) is 9.89 Å². The second kappa shape index (κ2) is 5.04. The van der Waals surface area contributed by atoms with Crippen LogP contribution in [-0.2, 0) is 16.1 Å². The fourth-order valence-corrected chi connectivity index (χ4v) is 1.58. The predicted molar refractivity (Wildman–Crippen MR) is 55.5 cm³/mol. The van der Waals surface area contributed by atoms with Crippen LogP contribution in [0.3, 0.4) is 0 Å². The van der Waals surface area contributed by atoms with Crippen molar-refractivity contribution in [2.75, 3.05) is 26.7 Å². The molecule has 1 aliphatic heterocycles. The molecule has 1 saturated heterocycles. The number of nitrogens with zero attached hydrogens (tertiary/aromatic N) is 3. The number of aromatic amines is 1. The summed E-state index contributed by atoms with van der Waals surface area (Å²) in [5, 5.41) is 9.57. The zero-order valence-electron chi connectivity index (χ0n) is 9.14. The normalized spacial score (nSPS) is 20.7. The number of carbonyl (C=O) groups is 1. The molecule has 2 heterocycles. The van der Waals surface area contributed by atoms with Crippen LogP contribution in [0.1, 0.15) is 5.82 Å². The highest BCUT2D eigenvalue weighted by molar-refractivity contribution is 5.81. The summed E-state index contributed by atoms with van der Waals surface area (Å²) in [7, 11) is 1.73. The molecule has 0 saturated carbocycles. The summed E-state index contributed by atoms with van der Waals surface area (Å²) in [5.74, 6) is 0.628. The van der Waals surface area contributed by atoms with Gasteiger partial charge < -0.3 is 15.0 Å². The molecule has 0 radical (unpaired) electrons. The SMILES string of the molecule is CN(Cc1ncn[nH]1)C(=O)C1CNCCO1. The van der Waals surface area contributed by atoms with Gasteiger partial charge in [-0.15, -0.1) is 0 Å². The third kappa shape index (κ3) is 2.56. The van der Waals surface area contributed by atoms with Crippen molar-refractivity contribution in [3.63, 3.8) is 0 Å². The number of hydrogen-bond acceptors (Lipinski definition) is 5. The van der Waals surface area contributed by atoms with E-state index in [0.717, 1.165) is 6.54 Å². The first-order chi connectivity index (χ1) is 7.77. The molecule has 0 spiro atoms. The van der Waals surface area contributed by atoms with Crippen LogP contribution >= 0.6 is 0 Å². The van der Waals surface area contributed by atoms with E-state index in [1.165, 1.54) is 6.33 Å². The van der Waals surface area contributed by atoms with Gasteiger partial charge in [-0.1, -0.05) is 0 Å². The highest BCUT2D eigenvalue weighted by Crippen LogP contribution is 2.03. The quantitative estimate of drug-likeness (QED) is 0.671. The van der Waals surface area contributed by atoms with Gasteiger partial charge in [0.2, 0.25) is 0 Å². The predicted octanol–water partition coefficient (Wildman–Crippen LogP) is -1.25. The number of likely N-dealkylation sites (N-methyl/N-ethyl adjacent to an activating group) is 1. The van der Waals surface area contributed by atoms with Crippen molar-refractivity contribution in [1.29, 1.82) is 0 Å². The lowest BCUT2D eigenvalue weighted by Crippen LogP contribution is -2.48. The number of aromatic nitrogens is 3. The molecule has 0 aromatic carbocycles. The van der Waals surface area contributed by atoms with Crippen molar-refractivity contribution < 1.29 is 9.53 Å². The van der Waals surface area contributed by atoms with Crippen LogP contribution in [0.4, 0.5) is 0 Å². The third-order valence-corrected chi connectivity index (χ3v) is 2.43. The molecule has 2 N–H and O–H groups in total. The number of H-pyrrole nitrogens is 1. The number of hydrogen-bond donors (Lipinski definition) is 2. The summed E-state index contributed by atoms with van der Waals surface area (Å²) in [5.41, 5.74) is 0. The molecule has 16 heavy (non-hydrogen) atoms. The Labute approximate surface area is 93.2 Å². The Morgan fingerprint density at radius 3 is 3.25 bits per heavy atom. The van der Waals surface area contributed by atoms with Crippen LogP contribution in [0, 0.1) is 0 Å². The van der Waals surface area contributed by atoms with Crippen LogP contribution in [0.5, 0.6) is 0 Å². The van der Waals surface area contributed by atoms with Crippen molar-refractivity contribution in [2.24, 2.45) is 0 Å². The highest BCUT2D eigenvalue weighted by Gasteiger charge is 2.25. The van der Waals surface area contributed by atoms with Gasteiger partial charge in [-0.05, 0) is 0 Å². The van der Waals surface area contributed by atoms with E-state index in [1.54, 1.807) is 11.9 Å². The van der Waals surface area contributed by atoms with Crippen molar-refractivity contribution in [3.05, 3.63) is 12.2 Å². The second-order valence-corrected chi connectivity index (χ2v) is 3.69. The fraction of sp³-hybridized carbons (Fsp3) is 0.667. The van der Waals surface area contributed by atoms with Gasteiger partial charge in [-0.25, -0.2) is 4.98 Å². The van der Waals surface area contributed by atoms with E-state index in [9.17, 15) is 4.79 Å². The Morgan fingerprint density at radius 1 is 1.75 bits per heavy atom. The molecule has 1 aliphatic rings. The van der Waals surface area contributed by atoms with E-state index in [-0.39, 0.29) is 12.0 Å². The molecule has 7 nitrogen and oxygen atoms in total. The van der Waals surface area contributed by atoms with E-state index in [1.807, 2.05) is 0 Å². The largest absolute Gasteiger partial charge is 0.366 e. The summed E-state index contributed by atoms with van der Waals surface area (Å²) in [6, 6.07) is 0. The average molecular weight is 225 g/mol. The second-order valence-electron chi connectivity index (χ2n) is 3.69. The summed E-state index contributed by atoms with van der Waals surface area (Å²) < 4.78 is 5.38. The smallest absolute Gasteiger partial charge is 0.253 e. The van der Waals surface area contributed by atoms with Gasteiger partial charge in [0.25, 0.3) is 5.91 Å². The Balaban J connectivity index is 1.88. The zero-order chi connectivity index (χ0) is 11.4. The molecule has 1 fully saturated rings. The molecule has 1 amide bonds. The number of rotatable bonds is 3. The summed E-state index contributed by atoms with van der Waals surface area (Å²) in [6.07, 6.45) is 1.04. The van der Waals surface area contributed by atoms with Gasteiger partial charge >= 0.3 is 0 Å². The Kier molecular flexibility index (Phi) is 3.47. The average Bonchev–Trinajstić information content (AvgIpc) is 2.82. The fourth-order valence-electron chi connectivity index (χ4n) is 1.58. The maximum absolute atomic E-state index is 11.9. The maximum Gasteiger partial charge on any atom is 0.253 e. The molecule has 1 aromatic heterocycles. The lowest BCUT2D eigenvalue weighted by Gasteiger charge is -2.26. The minimum absolute atomic E-state index is 0.0383.